The van der Waals surface area contributed by atoms with E-state index in [1.54, 1.807) is 11.8 Å². The van der Waals surface area contributed by atoms with E-state index < -0.39 is 0 Å². The molecule has 1 aromatic heterocycles. The van der Waals surface area contributed by atoms with Gasteiger partial charge in [-0.05, 0) is 31.6 Å². The predicted molar refractivity (Wildman–Crippen MR) is 69.9 cm³/mol. The zero-order valence-corrected chi connectivity index (χ0v) is 11.2. The Morgan fingerprint density at radius 1 is 1.33 bits per heavy atom. The molecular formula is C11H18N2S2. The van der Waals surface area contributed by atoms with Gasteiger partial charge in [-0.15, -0.1) is 0 Å². The van der Waals surface area contributed by atoms with Crippen LogP contribution in [0.25, 0.3) is 0 Å². The van der Waals surface area contributed by atoms with Crippen LogP contribution in [0.5, 0.6) is 0 Å². The van der Waals surface area contributed by atoms with Gasteiger partial charge in [0, 0.05) is 17.1 Å². The maximum Gasteiger partial charge on any atom is 0.187 e. The molecule has 15 heavy (non-hydrogen) atoms. The van der Waals surface area contributed by atoms with E-state index >= 15 is 0 Å². The first kappa shape index (κ1) is 12.8. The SMILES string of the molecule is CCC(CS)CSc1nc(C)cc(C)n1. The highest BCUT2D eigenvalue weighted by atomic mass is 32.2. The summed E-state index contributed by atoms with van der Waals surface area (Å²) in [4.78, 5) is 8.80. The Hall–Kier alpha value is -0.220. The molecule has 0 radical (unpaired) electrons. The fourth-order valence-corrected chi connectivity index (χ4v) is 2.97. The van der Waals surface area contributed by atoms with Crippen LogP contribution < -0.4 is 0 Å². The Morgan fingerprint density at radius 3 is 2.40 bits per heavy atom. The summed E-state index contributed by atoms with van der Waals surface area (Å²) in [6.45, 7) is 6.22. The molecule has 0 saturated carbocycles. The highest BCUT2D eigenvalue weighted by Gasteiger charge is 2.07. The normalized spacial score (nSPS) is 12.8. The summed E-state index contributed by atoms with van der Waals surface area (Å²) in [6, 6.07) is 2.00. The second kappa shape index (κ2) is 6.38. The van der Waals surface area contributed by atoms with E-state index in [-0.39, 0.29) is 0 Å². The van der Waals surface area contributed by atoms with Gasteiger partial charge >= 0.3 is 0 Å². The molecule has 0 fully saturated rings. The van der Waals surface area contributed by atoms with E-state index in [0.29, 0.717) is 5.92 Å². The first-order chi connectivity index (χ1) is 7.15. The molecule has 1 atom stereocenters. The summed E-state index contributed by atoms with van der Waals surface area (Å²) >= 11 is 6.06. The van der Waals surface area contributed by atoms with Gasteiger partial charge in [-0.3, -0.25) is 0 Å². The third-order valence-corrected chi connectivity index (χ3v) is 3.84. The van der Waals surface area contributed by atoms with Crippen molar-refractivity contribution < 1.29 is 0 Å². The topological polar surface area (TPSA) is 25.8 Å². The Bertz CT molecular complexity index is 291. The summed E-state index contributed by atoms with van der Waals surface area (Å²) in [5, 5.41) is 0.896. The van der Waals surface area contributed by atoms with Gasteiger partial charge in [-0.1, -0.05) is 25.1 Å². The maximum absolute atomic E-state index is 4.40. The van der Waals surface area contributed by atoms with E-state index in [1.807, 2.05) is 19.9 Å². The summed E-state index contributed by atoms with van der Waals surface area (Å²) < 4.78 is 0. The van der Waals surface area contributed by atoms with Crippen molar-refractivity contribution in [2.45, 2.75) is 32.3 Å². The average molecular weight is 242 g/mol. The van der Waals surface area contributed by atoms with Crippen molar-refractivity contribution in [2.75, 3.05) is 11.5 Å². The number of nitrogens with zero attached hydrogens (tertiary/aromatic N) is 2. The van der Waals surface area contributed by atoms with Crippen LogP contribution in [0.15, 0.2) is 11.2 Å². The Morgan fingerprint density at radius 2 is 1.93 bits per heavy atom. The Kier molecular flexibility index (Phi) is 5.47. The average Bonchev–Trinajstić information content (AvgIpc) is 2.18. The molecule has 1 heterocycles. The minimum atomic E-state index is 0.655. The van der Waals surface area contributed by atoms with Crippen LogP contribution in [0.2, 0.25) is 0 Å². The second-order valence-electron chi connectivity index (χ2n) is 3.70. The van der Waals surface area contributed by atoms with Crippen LogP contribution >= 0.6 is 24.4 Å². The fourth-order valence-electron chi connectivity index (χ4n) is 1.25. The minimum Gasteiger partial charge on any atom is -0.228 e. The van der Waals surface area contributed by atoms with Gasteiger partial charge in [0.25, 0.3) is 0 Å². The van der Waals surface area contributed by atoms with Gasteiger partial charge in [0.15, 0.2) is 5.16 Å². The molecule has 1 unspecified atom stereocenters. The molecule has 0 aliphatic rings. The smallest absolute Gasteiger partial charge is 0.187 e. The number of thioether (sulfide) groups is 1. The molecule has 0 amide bonds. The Labute approximate surface area is 102 Å². The zero-order valence-electron chi connectivity index (χ0n) is 9.53. The predicted octanol–water partition coefficient (Wildman–Crippen LogP) is 3.14. The van der Waals surface area contributed by atoms with E-state index in [4.69, 9.17) is 0 Å². The molecule has 0 spiro atoms. The van der Waals surface area contributed by atoms with Crippen molar-refractivity contribution >= 4 is 24.4 Å². The van der Waals surface area contributed by atoms with Gasteiger partial charge in [0.1, 0.15) is 0 Å². The molecule has 0 aliphatic carbocycles. The van der Waals surface area contributed by atoms with Crippen molar-refractivity contribution in [3.05, 3.63) is 17.5 Å². The molecular weight excluding hydrogens is 224 g/mol. The zero-order chi connectivity index (χ0) is 11.3. The molecule has 1 rings (SSSR count). The number of aromatic nitrogens is 2. The summed E-state index contributed by atoms with van der Waals surface area (Å²) in [6.07, 6.45) is 1.17. The molecule has 0 saturated heterocycles. The third kappa shape index (κ3) is 4.43. The van der Waals surface area contributed by atoms with Gasteiger partial charge in [-0.25, -0.2) is 9.97 Å². The molecule has 1 aromatic rings. The third-order valence-electron chi connectivity index (χ3n) is 2.25. The van der Waals surface area contributed by atoms with E-state index in [2.05, 4.69) is 29.5 Å². The molecule has 0 bridgehead atoms. The van der Waals surface area contributed by atoms with Gasteiger partial charge < -0.3 is 0 Å². The summed E-state index contributed by atoms with van der Waals surface area (Å²) in [5.41, 5.74) is 2.09. The number of hydrogen-bond donors (Lipinski definition) is 1. The highest BCUT2D eigenvalue weighted by Crippen LogP contribution is 2.19. The first-order valence-corrected chi connectivity index (χ1v) is 6.83. The van der Waals surface area contributed by atoms with Crippen molar-refractivity contribution in [1.29, 1.82) is 0 Å². The number of hydrogen-bond acceptors (Lipinski definition) is 4. The van der Waals surface area contributed by atoms with E-state index in [1.165, 1.54) is 6.42 Å². The van der Waals surface area contributed by atoms with Crippen LogP contribution in [0.1, 0.15) is 24.7 Å². The molecule has 2 nitrogen and oxygen atoms in total. The maximum atomic E-state index is 4.40. The molecule has 0 aromatic carbocycles. The lowest BCUT2D eigenvalue weighted by atomic mass is 10.2. The second-order valence-corrected chi connectivity index (χ2v) is 5.05. The largest absolute Gasteiger partial charge is 0.228 e. The van der Waals surface area contributed by atoms with Crippen molar-refractivity contribution in [3.63, 3.8) is 0 Å². The first-order valence-electron chi connectivity index (χ1n) is 5.21. The van der Waals surface area contributed by atoms with E-state index in [0.717, 1.165) is 28.0 Å². The molecule has 0 N–H and O–H groups in total. The van der Waals surface area contributed by atoms with Crippen LogP contribution in [0, 0.1) is 19.8 Å². The number of rotatable bonds is 5. The minimum absolute atomic E-state index is 0.655. The number of aryl methyl sites for hydroxylation is 2. The standard InChI is InChI=1S/C11H18N2S2/c1-4-10(6-14)7-15-11-12-8(2)5-9(3)13-11/h5,10,14H,4,6-7H2,1-3H3. The lowest BCUT2D eigenvalue weighted by molar-refractivity contribution is 0.648. The van der Waals surface area contributed by atoms with E-state index in [9.17, 15) is 0 Å². The van der Waals surface area contributed by atoms with Gasteiger partial charge in [0.05, 0.1) is 0 Å². The van der Waals surface area contributed by atoms with Crippen molar-refractivity contribution in [3.8, 4) is 0 Å². The summed E-state index contributed by atoms with van der Waals surface area (Å²) in [7, 11) is 0. The van der Waals surface area contributed by atoms with Crippen molar-refractivity contribution in [2.24, 2.45) is 5.92 Å². The highest BCUT2D eigenvalue weighted by molar-refractivity contribution is 7.99. The Balaban J connectivity index is 2.57. The lowest BCUT2D eigenvalue weighted by Crippen LogP contribution is -2.04. The molecule has 84 valence electrons. The van der Waals surface area contributed by atoms with Crippen LogP contribution in [-0.2, 0) is 0 Å². The quantitative estimate of drug-likeness (QED) is 0.488. The fraction of sp³-hybridized carbons (Fsp3) is 0.636. The molecule has 0 aliphatic heterocycles. The van der Waals surface area contributed by atoms with Crippen LogP contribution in [-0.4, -0.2) is 21.5 Å². The van der Waals surface area contributed by atoms with Gasteiger partial charge in [-0.2, -0.15) is 12.6 Å². The van der Waals surface area contributed by atoms with Crippen LogP contribution in [0.4, 0.5) is 0 Å². The lowest BCUT2D eigenvalue weighted by Gasteiger charge is -2.10. The molecule has 4 heteroatoms. The van der Waals surface area contributed by atoms with Gasteiger partial charge in [0.2, 0.25) is 0 Å². The monoisotopic (exact) mass is 242 g/mol. The number of thiol groups is 1. The summed E-state index contributed by atoms with van der Waals surface area (Å²) in [5.74, 6) is 2.65. The van der Waals surface area contributed by atoms with Crippen molar-refractivity contribution in [1.82, 2.24) is 9.97 Å². The van der Waals surface area contributed by atoms with Crippen LogP contribution in [0.3, 0.4) is 0 Å².